The number of guanidine groups is 1. The van der Waals surface area contributed by atoms with Crippen molar-refractivity contribution in [2.24, 2.45) is 4.99 Å². The molecule has 0 bridgehead atoms. The lowest BCUT2D eigenvalue weighted by Crippen LogP contribution is -2.52. The summed E-state index contributed by atoms with van der Waals surface area (Å²) in [5, 5.41) is 9.50. The van der Waals surface area contributed by atoms with Gasteiger partial charge in [0.2, 0.25) is 0 Å². The molecule has 3 heterocycles. The van der Waals surface area contributed by atoms with E-state index >= 15 is 0 Å². The second-order valence-electron chi connectivity index (χ2n) is 5.66. The number of hydrogen-bond donors (Lipinski definition) is 1. The molecule has 6 nitrogen and oxygen atoms in total. The minimum atomic E-state index is 0.720. The number of nitrogens with zero attached hydrogens (tertiary/aromatic N) is 4. The van der Waals surface area contributed by atoms with Crippen molar-refractivity contribution in [1.29, 1.82) is 0 Å². The van der Waals surface area contributed by atoms with E-state index in [1.165, 1.54) is 4.88 Å². The fourth-order valence-corrected chi connectivity index (χ4v) is 4.06. The molecule has 0 unspecified atom stereocenters. The highest BCUT2D eigenvalue weighted by molar-refractivity contribution is 9.10. The summed E-state index contributed by atoms with van der Waals surface area (Å²) < 4.78 is 6.03. The first kappa shape index (κ1) is 17.4. The van der Waals surface area contributed by atoms with E-state index in [-0.39, 0.29) is 0 Å². The average Bonchev–Trinajstić information content (AvgIpc) is 3.24. The van der Waals surface area contributed by atoms with Crippen molar-refractivity contribution in [2.45, 2.75) is 20.0 Å². The lowest BCUT2D eigenvalue weighted by molar-refractivity contribution is 0.169. The van der Waals surface area contributed by atoms with Gasteiger partial charge < -0.3 is 14.7 Å². The Morgan fingerprint density at radius 2 is 2.25 bits per heavy atom. The van der Waals surface area contributed by atoms with Crippen LogP contribution >= 0.6 is 27.3 Å². The van der Waals surface area contributed by atoms with Gasteiger partial charge in [0.25, 0.3) is 0 Å². The molecule has 1 fully saturated rings. The second kappa shape index (κ2) is 8.64. The summed E-state index contributed by atoms with van der Waals surface area (Å²) in [5.41, 5.74) is 0.993. The van der Waals surface area contributed by atoms with E-state index in [1.54, 1.807) is 17.6 Å². The minimum Gasteiger partial charge on any atom is -0.364 e. The smallest absolute Gasteiger partial charge is 0.194 e. The van der Waals surface area contributed by atoms with Gasteiger partial charge in [-0.05, 0) is 28.9 Å². The van der Waals surface area contributed by atoms with Crippen molar-refractivity contribution < 1.29 is 4.52 Å². The highest BCUT2D eigenvalue weighted by atomic mass is 79.9. The van der Waals surface area contributed by atoms with Gasteiger partial charge in [0, 0.05) is 60.1 Å². The molecule has 1 aliphatic heterocycles. The van der Waals surface area contributed by atoms with Crippen LogP contribution in [0.2, 0.25) is 0 Å². The molecule has 1 saturated heterocycles. The third-order valence-corrected chi connectivity index (χ3v) is 5.57. The third kappa shape index (κ3) is 4.81. The molecule has 2 aromatic rings. The van der Waals surface area contributed by atoms with Gasteiger partial charge in [0.15, 0.2) is 5.96 Å². The average molecular weight is 412 g/mol. The molecule has 3 rings (SSSR count). The Morgan fingerprint density at radius 1 is 1.42 bits per heavy atom. The zero-order valence-electron chi connectivity index (χ0n) is 13.7. The van der Waals surface area contributed by atoms with Crippen molar-refractivity contribution >= 4 is 33.2 Å². The van der Waals surface area contributed by atoms with Crippen molar-refractivity contribution in [3.05, 3.63) is 38.8 Å². The maximum absolute atomic E-state index is 4.90. The maximum Gasteiger partial charge on any atom is 0.194 e. The summed E-state index contributed by atoms with van der Waals surface area (Å²) in [7, 11) is 0. The van der Waals surface area contributed by atoms with Gasteiger partial charge in [0.1, 0.15) is 6.26 Å². The SMILES string of the molecule is CCNC(=NCc1cc(Br)cs1)N1CCN(Cc2ccon2)CC1. The van der Waals surface area contributed by atoms with Gasteiger partial charge in [-0.25, -0.2) is 4.99 Å². The Kier molecular flexibility index (Phi) is 6.28. The first-order chi connectivity index (χ1) is 11.7. The summed E-state index contributed by atoms with van der Waals surface area (Å²) in [5.74, 6) is 1.00. The molecule has 0 spiro atoms. The van der Waals surface area contributed by atoms with Crippen LogP contribution in [0.25, 0.3) is 0 Å². The van der Waals surface area contributed by atoms with Crippen molar-refractivity contribution in [2.75, 3.05) is 32.7 Å². The van der Waals surface area contributed by atoms with Crippen LogP contribution in [-0.4, -0.2) is 53.6 Å². The van der Waals surface area contributed by atoms with Crippen LogP contribution in [-0.2, 0) is 13.1 Å². The quantitative estimate of drug-likeness (QED) is 0.605. The normalized spacial score (nSPS) is 16.6. The van der Waals surface area contributed by atoms with E-state index in [2.05, 4.69) is 54.6 Å². The van der Waals surface area contributed by atoms with Crippen LogP contribution in [0.4, 0.5) is 0 Å². The fourth-order valence-electron chi connectivity index (χ4n) is 2.68. The number of aromatic nitrogens is 1. The van der Waals surface area contributed by atoms with E-state index in [0.717, 1.165) is 61.9 Å². The van der Waals surface area contributed by atoms with E-state index in [1.807, 2.05) is 6.07 Å². The molecule has 24 heavy (non-hydrogen) atoms. The van der Waals surface area contributed by atoms with Gasteiger partial charge in [-0.2, -0.15) is 0 Å². The van der Waals surface area contributed by atoms with E-state index in [0.29, 0.717) is 0 Å². The number of piperazine rings is 1. The molecule has 2 aromatic heterocycles. The lowest BCUT2D eigenvalue weighted by atomic mass is 10.3. The first-order valence-corrected chi connectivity index (χ1v) is 9.79. The van der Waals surface area contributed by atoms with Crippen LogP contribution in [0, 0.1) is 0 Å². The Bertz CT molecular complexity index is 649. The van der Waals surface area contributed by atoms with Crippen LogP contribution in [0.3, 0.4) is 0 Å². The number of halogens is 1. The summed E-state index contributed by atoms with van der Waals surface area (Å²) in [6.07, 6.45) is 1.63. The van der Waals surface area contributed by atoms with Gasteiger partial charge in [-0.1, -0.05) is 5.16 Å². The Balaban J connectivity index is 1.54. The van der Waals surface area contributed by atoms with Crippen LogP contribution < -0.4 is 5.32 Å². The Labute approximate surface area is 154 Å². The fraction of sp³-hybridized carbons (Fsp3) is 0.500. The minimum absolute atomic E-state index is 0.720. The maximum atomic E-state index is 4.90. The van der Waals surface area contributed by atoms with Crippen LogP contribution in [0.1, 0.15) is 17.5 Å². The van der Waals surface area contributed by atoms with Gasteiger partial charge in [-0.3, -0.25) is 4.90 Å². The number of rotatable bonds is 5. The summed E-state index contributed by atoms with van der Waals surface area (Å²) in [6, 6.07) is 4.06. The second-order valence-corrected chi connectivity index (χ2v) is 7.57. The summed E-state index contributed by atoms with van der Waals surface area (Å²) in [4.78, 5) is 10.8. The molecule has 0 aromatic carbocycles. The monoisotopic (exact) mass is 411 g/mol. The molecule has 0 atom stereocenters. The zero-order chi connectivity index (χ0) is 16.8. The topological polar surface area (TPSA) is 56.9 Å². The van der Waals surface area contributed by atoms with Gasteiger partial charge in [-0.15, -0.1) is 11.3 Å². The largest absolute Gasteiger partial charge is 0.364 e. The number of aliphatic imine (C=N–C) groups is 1. The zero-order valence-corrected chi connectivity index (χ0v) is 16.1. The molecule has 1 N–H and O–H groups in total. The highest BCUT2D eigenvalue weighted by Crippen LogP contribution is 2.20. The predicted octanol–water partition coefficient (Wildman–Crippen LogP) is 2.78. The molecule has 0 amide bonds. The standard InChI is InChI=1S/C16H22BrN5OS/c1-2-18-16(19-10-15-9-13(17)12-24-15)22-6-4-21(5-7-22)11-14-3-8-23-20-14/h3,8-9,12H,2,4-7,10-11H2,1H3,(H,18,19). The molecule has 8 heteroatoms. The van der Waals surface area contributed by atoms with Crippen molar-refractivity contribution in [3.63, 3.8) is 0 Å². The molecule has 1 aliphatic rings. The van der Waals surface area contributed by atoms with Crippen molar-refractivity contribution in [3.8, 4) is 0 Å². The molecule has 130 valence electrons. The van der Waals surface area contributed by atoms with Crippen LogP contribution in [0.5, 0.6) is 0 Å². The highest BCUT2D eigenvalue weighted by Gasteiger charge is 2.20. The van der Waals surface area contributed by atoms with E-state index < -0.39 is 0 Å². The molecule has 0 radical (unpaired) electrons. The van der Waals surface area contributed by atoms with Gasteiger partial charge >= 0.3 is 0 Å². The number of thiophene rings is 1. The molecule has 0 aliphatic carbocycles. The lowest BCUT2D eigenvalue weighted by Gasteiger charge is -2.36. The van der Waals surface area contributed by atoms with E-state index in [9.17, 15) is 0 Å². The molecular weight excluding hydrogens is 390 g/mol. The number of hydrogen-bond acceptors (Lipinski definition) is 5. The third-order valence-electron chi connectivity index (χ3n) is 3.89. The number of nitrogens with one attached hydrogen (secondary N) is 1. The van der Waals surface area contributed by atoms with Crippen molar-refractivity contribution in [1.82, 2.24) is 20.3 Å². The molecular formula is C16H22BrN5OS. The summed E-state index contributed by atoms with van der Waals surface area (Å²) >= 11 is 5.23. The van der Waals surface area contributed by atoms with E-state index in [4.69, 9.17) is 9.52 Å². The Hall–Kier alpha value is -1.38. The van der Waals surface area contributed by atoms with Crippen LogP contribution in [0.15, 0.2) is 37.8 Å². The first-order valence-electron chi connectivity index (χ1n) is 8.12. The molecule has 0 saturated carbocycles. The predicted molar refractivity (Wildman–Crippen MR) is 100 cm³/mol. The van der Waals surface area contributed by atoms with Gasteiger partial charge in [0.05, 0.1) is 12.2 Å². The Morgan fingerprint density at radius 3 is 2.88 bits per heavy atom. The summed E-state index contributed by atoms with van der Waals surface area (Å²) in [6.45, 7) is 8.50.